The first-order chi connectivity index (χ1) is 19.6. The summed E-state index contributed by atoms with van der Waals surface area (Å²) in [6, 6.07) is 13.3. The third-order valence-corrected chi connectivity index (χ3v) is 7.37. The second-order valence-corrected chi connectivity index (χ2v) is 10.6. The molecule has 0 saturated carbocycles. The van der Waals surface area contributed by atoms with E-state index in [9.17, 15) is 22.8 Å². The number of ether oxygens (including phenoxy) is 2. The van der Waals surface area contributed by atoms with Crippen molar-refractivity contribution in [3.8, 4) is 11.5 Å². The van der Waals surface area contributed by atoms with Crippen molar-refractivity contribution in [1.29, 1.82) is 0 Å². The van der Waals surface area contributed by atoms with Crippen LogP contribution >= 0.6 is 15.9 Å². The molecule has 10 heteroatoms. The number of hydrogen-bond donors (Lipinski definition) is 0. The van der Waals surface area contributed by atoms with Gasteiger partial charge in [0, 0.05) is 10.2 Å². The zero-order valence-electron chi connectivity index (χ0n) is 22.4. The molecule has 2 heterocycles. The summed E-state index contributed by atoms with van der Waals surface area (Å²) in [4.78, 5) is 28.9. The van der Waals surface area contributed by atoms with Crippen molar-refractivity contribution in [2.24, 2.45) is 0 Å². The first-order valence-corrected chi connectivity index (χ1v) is 14.1. The Morgan fingerprint density at radius 3 is 2.49 bits per heavy atom. The van der Waals surface area contributed by atoms with Gasteiger partial charge in [0.05, 0.1) is 35.8 Å². The molecule has 214 valence electrons. The summed E-state index contributed by atoms with van der Waals surface area (Å²) in [5.41, 5.74) is -0.702. The summed E-state index contributed by atoms with van der Waals surface area (Å²) in [6.07, 6.45) is -1.72. The highest BCUT2D eigenvalue weighted by molar-refractivity contribution is 9.10. The monoisotopic (exact) mass is 629 g/mol. The summed E-state index contributed by atoms with van der Waals surface area (Å²) in [6.45, 7) is 4.72. The van der Waals surface area contributed by atoms with E-state index in [-0.39, 0.29) is 28.0 Å². The van der Waals surface area contributed by atoms with Crippen molar-refractivity contribution < 1.29 is 31.9 Å². The van der Waals surface area contributed by atoms with Crippen molar-refractivity contribution in [2.45, 2.75) is 45.3 Å². The molecule has 3 aromatic carbocycles. The van der Waals surface area contributed by atoms with Gasteiger partial charge < -0.3 is 13.9 Å². The molecule has 0 saturated heterocycles. The number of fused-ring (bicyclic) bond motifs is 2. The van der Waals surface area contributed by atoms with Crippen LogP contribution < -0.4 is 19.8 Å². The Morgan fingerprint density at radius 1 is 0.951 bits per heavy atom. The molecule has 0 radical (unpaired) electrons. The number of nitrogens with zero attached hydrogens (tertiary/aromatic N) is 1. The SMILES string of the molecule is CCCCCOc1ccc(C2c3c(oc4ccc(Br)cc4c3=O)C(=O)N2c2cccc(C(F)(F)F)c2)cc1OCC. The number of unbranched alkanes of at least 4 members (excludes halogenated alkanes) is 2. The van der Waals surface area contributed by atoms with Crippen LogP contribution in [0.2, 0.25) is 0 Å². The third-order valence-electron chi connectivity index (χ3n) is 6.87. The van der Waals surface area contributed by atoms with Crippen LogP contribution in [0.1, 0.15) is 66.4 Å². The van der Waals surface area contributed by atoms with Crippen molar-refractivity contribution in [1.82, 2.24) is 0 Å². The Morgan fingerprint density at radius 2 is 1.76 bits per heavy atom. The predicted octanol–water partition coefficient (Wildman–Crippen LogP) is 8.29. The maximum atomic E-state index is 13.9. The minimum atomic E-state index is -4.63. The van der Waals surface area contributed by atoms with E-state index < -0.39 is 29.1 Å². The average molecular weight is 630 g/mol. The number of rotatable bonds is 9. The molecular formula is C31H27BrF3NO5. The van der Waals surface area contributed by atoms with Gasteiger partial charge >= 0.3 is 6.18 Å². The summed E-state index contributed by atoms with van der Waals surface area (Å²) in [5, 5.41) is 0.239. The quantitative estimate of drug-likeness (QED) is 0.174. The second-order valence-electron chi connectivity index (χ2n) is 9.63. The predicted molar refractivity (Wildman–Crippen MR) is 153 cm³/mol. The molecule has 1 aliphatic heterocycles. The first-order valence-electron chi connectivity index (χ1n) is 13.3. The average Bonchev–Trinajstić information content (AvgIpc) is 3.24. The molecule has 41 heavy (non-hydrogen) atoms. The molecule has 0 fully saturated rings. The second kappa shape index (κ2) is 11.6. The number of anilines is 1. The highest BCUT2D eigenvalue weighted by Crippen LogP contribution is 2.44. The zero-order valence-corrected chi connectivity index (χ0v) is 24.0. The maximum absolute atomic E-state index is 13.9. The van der Waals surface area contributed by atoms with E-state index in [1.807, 2.05) is 6.92 Å². The van der Waals surface area contributed by atoms with Gasteiger partial charge in [0.25, 0.3) is 5.91 Å². The van der Waals surface area contributed by atoms with Gasteiger partial charge in [-0.1, -0.05) is 47.8 Å². The molecule has 6 nitrogen and oxygen atoms in total. The molecule has 1 atom stereocenters. The lowest BCUT2D eigenvalue weighted by atomic mass is 9.97. The molecule has 1 aliphatic rings. The molecule has 1 amide bonds. The van der Waals surface area contributed by atoms with Crippen LogP contribution in [0.25, 0.3) is 11.0 Å². The van der Waals surface area contributed by atoms with Gasteiger partial charge in [-0.2, -0.15) is 13.2 Å². The van der Waals surface area contributed by atoms with Crippen LogP contribution in [0.15, 0.2) is 74.3 Å². The van der Waals surface area contributed by atoms with Gasteiger partial charge in [-0.3, -0.25) is 14.5 Å². The van der Waals surface area contributed by atoms with Gasteiger partial charge in [0.15, 0.2) is 16.9 Å². The summed E-state index contributed by atoms with van der Waals surface area (Å²) >= 11 is 3.36. The van der Waals surface area contributed by atoms with E-state index in [0.717, 1.165) is 31.4 Å². The smallest absolute Gasteiger partial charge is 0.416 e. The lowest BCUT2D eigenvalue weighted by Crippen LogP contribution is -2.29. The Kier molecular flexibility index (Phi) is 8.13. The van der Waals surface area contributed by atoms with Gasteiger partial charge in [0.1, 0.15) is 5.58 Å². The summed E-state index contributed by atoms with van der Waals surface area (Å²) in [7, 11) is 0. The number of hydrogen-bond acceptors (Lipinski definition) is 5. The van der Waals surface area contributed by atoms with E-state index in [2.05, 4.69) is 22.9 Å². The number of halogens is 4. The molecule has 0 spiro atoms. The Balaban J connectivity index is 1.70. The largest absolute Gasteiger partial charge is 0.490 e. The van der Waals surface area contributed by atoms with Gasteiger partial charge in [-0.25, -0.2) is 0 Å². The lowest BCUT2D eigenvalue weighted by molar-refractivity contribution is -0.137. The Bertz CT molecular complexity index is 1670. The number of carbonyl (C=O) groups excluding carboxylic acids is 1. The number of alkyl halides is 3. The molecule has 0 N–H and O–H groups in total. The summed E-state index contributed by atoms with van der Waals surface area (Å²) in [5.74, 6) is -0.0372. The fourth-order valence-corrected chi connectivity index (χ4v) is 5.34. The van der Waals surface area contributed by atoms with Crippen LogP contribution in [0.5, 0.6) is 11.5 Å². The maximum Gasteiger partial charge on any atom is 0.416 e. The van der Waals surface area contributed by atoms with Crippen molar-refractivity contribution in [2.75, 3.05) is 18.1 Å². The Labute approximate surface area is 242 Å². The van der Waals surface area contributed by atoms with Gasteiger partial charge in [0.2, 0.25) is 5.76 Å². The van der Waals surface area contributed by atoms with E-state index >= 15 is 0 Å². The summed E-state index contributed by atoms with van der Waals surface area (Å²) < 4.78 is 59.3. The highest BCUT2D eigenvalue weighted by atomic mass is 79.9. The van der Waals surface area contributed by atoms with E-state index in [4.69, 9.17) is 13.9 Å². The Hall–Kier alpha value is -3.79. The number of carbonyl (C=O) groups is 1. The zero-order chi connectivity index (χ0) is 29.3. The standard InChI is InChI=1S/C31H27BrF3NO5/c1-3-5-6-14-40-24-12-10-18(15-25(24)39-4-2)27-26-28(37)22-17-20(32)11-13-23(22)41-29(26)30(38)36(27)21-9-7-8-19(16-21)31(33,34)35/h7-13,15-17,27H,3-6,14H2,1-2H3. The normalized spacial score (nSPS) is 14.9. The van der Waals surface area contributed by atoms with Crippen LogP contribution in [-0.2, 0) is 6.18 Å². The van der Waals surface area contributed by atoms with Gasteiger partial charge in [-0.05, 0) is 67.4 Å². The molecular weight excluding hydrogens is 603 g/mol. The fourth-order valence-electron chi connectivity index (χ4n) is 4.98. The highest BCUT2D eigenvalue weighted by Gasteiger charge is 2.44. The molecule has 0 aliphatic carbocycles. The number of benzene rings is 3. The van der Waals surface area contributed by atoms with E-state index in [1.165, 1.54) is 17.0 Å². The fraction of sp³-hybridized carbons (Fsp3) is 0.290. The number of amides is 1. The molecule has 0 bridgehead atoms. The molecule has 1 unspecified atom stereocenters. The first kappa shape index (κ1) is 28.7. The third kappa shape index (κ3) is 5.57. The van der Waals surface area contributed by atoms with Gasteiger partial charge in [-0.15, -0.1) is 0 Å². The van der Waals surface area contributed by atoms with E-state index in [0.29, 0.717) is 34.7 Å². The van der Waals surface area contributed by atoms with Crippen molar-refractivity contribution in [3.05, 3.63) is 97.8 Å². The van der Waals surface area contributed by atoms with Crippen LogP contribution in [-0.4, -0.2) is 19.1 Å². The topological polar surface area (TPSA) is 69.0 Å². The van der Waals surface area contributed by atoms with Crippen molar-refractivity contribution in [3.63, 3.8) is 0 Å². The van der Waals surface area contributed by atoms with Crippen LogP contribution in [0.3, 0.4) is 0 Å². The molecule has 4 aromatic rings. The minimum Gasteiger partial charge on any atom is -0.490 e. The van der Waals surface area contributed by atoms with Crippen molar-refractivity contribution >= 4 is 38.5 Å². The van der Waals surface area contributed by atoms with E-state index in [1.54, 1.807) is 36.4 Å². The molecule has 1 aromatic heterocycles. The lowest BCUT2D eigenvalue weighted by Gasteiger charge is -2.26. The minimum absolute atomic E-state index is 0.0243. The molecule has 5 rings (SSSR count). The van der Waals surface area contributed by atoms with Crippen LogP contribution in [0, 0.1) is 0 Å². The van der Waals surface area contributed by atoms with Crippen LogP contribution in [0.4, 0.5) is 18.9 Å².